The van der Waals surface area contributed by atoms with Crippen molar-refractivity contribution in [3.05, 3.63) is 60.0 Å². The van der Waals surface area contributed by atoms with Crippen LogP contribution in [0.2, 0.25) is 0 Å². The predicted molar refractivity (Wildman–Crippen MR) is 107 cm³/mol. The Bertz CT molecular complexity index is 1090. The molecule has 0 saturated carbocycles. The summed E-state index contributed by atoms with van der Waals surface area (Å²) in [6.45, 7) is 3.33. The van der Waals surface area contributed by atoms with Crippen LogP contribution in [0.15, 0.2) is 48.9 Å². The fourth-order valence-electron chi connectivity index (χ4n) is 4.30. The Morgan fingerprint density at radius 2 is 2.12 bits per heavy atom. The number of aromatic amines is 1. The van der Waals surface area contributed by atoms with E-state index in [1.165, 1.54) is 47.1 Å². The van der Waals surface area contributed by atoms with Crippen molar-refractivity contribution in [2.24, 2.45) is 0 Å². The number of nitrogens with one attached hydrogen (secondary N) is 1. The highest BCUT2D eigenvalue weighted by molar-refractivity contribution is 5.86. The van der Waals surface area contributed by atoms with Gasteiger partial charge in [-0.1, -0.05) is 6.07 Å². The molecule has 0 amide bonds. The molecule has 2 aromatic heterocycles. The van der Waals surface area contributed by atoms with Crippen LogP contribution in [0.25, 0.3) is 27.6 Å². The SMILES string of the molecule is Cc1ccc2c(c1)ncn2-c1ccc2[nH]cc(CC3CCCN3C)c2c1. The number of likely N-dealkylation sites (N-methyl/N-ethyl adjacent to an activating group) is 1. The Balaban J connectivity index is 1.57. The van der Waals surface area contributed by atoms with E-state index in [1.54, 1.807) is 0 Å². The van der Waals surface area contributed by atoms with Crippen molar-refractivity contribution in [1.29, 1.82) is 0 Å². The summed E-state index contributed by atoms with van der Waals surface area (Å²) < 4.78 is 2.19. The van der Waals surface area contributed by atoms with Gasteiger partial charge in [-0.3, -0.25) is 4.57 Å². The van der Waals surface area contributed by atoms with E-state index in [-0.39, 0.29) is 0 Å². The molecule has 1 aliphatic rings. The molecule has 0 aliphatic carbocycles. The van der Waals surface area contributed by atoms with Crippen molar-refractivity contribution in [1.82, 2.24) is 19.4 Å². The summed E-state index contributed by atoms with van der Waals surface area (Å²) in [7, 11) is 2.25. The lowest BCUT2D eigenvalue weighted by atomic mass is 10.0. The van der Waals surface area contributed by atoms with E-state index in [9.17, 15) is 0 Å². The van der Waals surface area contributed by atoms with Crippen molar-refractivity contribution in [3.8, 4) is 5.69 Å². The number of likely N-dealkylation sites (tertiary alicyclic amines) is 1. The second-order valence-electron chi connectivity index (χ2n) is 7.63. The smallest absolute Gasteiger partial charge is 0.100 e. The number of fused-ring (bicyclic) bond motifs is 2. The molecule has 26 heavy (non-hydrogen) atoms. The van der Waals surface area contributed by atoms with Gasteiger partial charge in [-0.2, -0.15) is 0 Å². The van der Waals surface area contributed by atoms with Gasteiger partial charge in [0.15, 0.2) is 0 Å². The zero-order chi connectivity index (χ0) is 17.7. The van der Waals surface area contributed by atoms with Gasteiger partial charge in [0.25, 0.3) is 0 Å². The van der Waals surface area contributed by atoms with Crippen LogP contribution < -0.4 is 0 Å². The van der Waals surface area contributed by atoms with Crippen molar-refractivity contribution in [2.75, 3.05) is 13.6 Å². The van der Waals surface area contributed by atoms with E-state index in [0.717, 1.165) is 17.5 Å². The van der Waals surface area contributed by atoms with Gasteiger partial charge in [0.2, 0.25) is 0 Å². The summed E-state index contributed by atoms with van der Waals surface area (Å²) in [4.78, 5) is 10.5. The van der Waals surface area contributed by atoms with Crippen LogP contribution in [0.5, 0.6) is 0 Å². The number of imidazole rings is 1. The molecule has 0 bridgehead atoms. The number of aromatic nitrogens is 3. The second-order valence-corrected chi connectivity index (χ2v) is 7.63. The van der Waals surface area contributed by atoms with Crippen LogP contribution in [-0.4, -0.2) is 39.1 Å². The Hall–Kier alpha value is -2.59. The number of hydrogen-bond acceptors (Lipinski definition) is 2. The summed E-state index contributed by atoms with van der Waals surface area (Å²) in [6, 6.07) is 13.8. The number of benzene rings is 2. The third-order valence-electron chi connectivity index (χ3n) is 5.86. The number of rotatable bonds is 3. The zero-order valence-corrected chi connectivity index (χ0v) is 15.4. The lowest BCUT2D eigenvalue weighted by Gasteiger charge is -2.18. The average molecular weight is 344 g/mol. The molecule has 1 unspecified atom stereocenters. The Morgan fingerprint density at radius 3 is 2.96 bits per heavy atom. The van der Waals surface area contributed by atoms with Crippen molar-refractivity contribution < 1.29 is 0 Å². The highest BCUT2D eigenvalue weighted by Crippen LogP contribution is 2.28. The van der Waals surface area contributed by atoms with Crippen LogP contribution in [0.1, 0.15) is 24.0 Å². The molecular formula is C22H24N4. The number of H-pyrrole nitrogens is 1. The molecular weight excluding hydrogens is 320 g/mol. The van der Waals surface area contributed by atoms with E-state index < -0.39 is 0 Å². The van der Waals surface area contributed by atoms with Gasteiger partial charge in [-0.05, 0) is 81.2 Å². The quantitative estimate of drug-likeness (QED) is 0.596. The first-order valence-electron chi connectivity index (χ1n) is 9.43. The van der Waals surface area contributed by atoms with E-state index >= 15 is 0 Å². The Labute approximate surface area is 153 Å². The molecule has 1 fully saturated rings. The molecule has 4 heteroatoms. The minimum Gasteiger partial charge on any atom is -0.361 e. The molecule has 0 radical (unpaired) electrons. The van der Waals surface area contributed by atoms with Crippen molar-refractivity contribution >= 4 is 21.9 Å². The van der Waals surface area contributed by atoms with Crippen LogP contribution >= 0.6 is 0 Å². The predicted octanol–water partition coefficient (Wildman–Crippen LogP) is 4.45. The van der Waals surface area contributed by atoms with Crippen LogP contribution in [0, 0.1) is 6.92 Å². The lowest BCUT2D eigenvalue weighted by molar-refractivity contribution is 0.310. The molecule has 0 spiro atoms. The number of hydrogen-bond donors (Lipinski definition) is 1. The minimum atomic E-state index is 0.662. The molecule has 1 N–H and O–H groups in total. The molecule has 1 atom stereocenters. The minimum absolute atomic E-state index is 0.662. The van der Waals surface area contributed by atoms with E-state index in [0.29, 0.717) is 6.04 Å². The monoisotopic (exact) mass is 344 g/mol. The summed E-state index contributed by atoms with van der Waals surface area (Å²) in [6.07, 6.45) is 7.85. The first kappa shape index (κ1) is 15.6. The normalized spacial score (nSPS) is 18.3. The van der Waals surface area contributed by atoms with Gasteiger partial charge in [-0.15, -0.1) is 0 Å². The fraction of sp³-hybridized carbons (Fsp3) is 0.318. The molecule has 1 saturated heterocycles. The Kier molecular flexibility index (Phi) is 3.61. The third-order valence-corrected chi connectivity index (χ3v) is 5.86. The lowest BCUT2D eigenvalue weighted by Crippen LogP contribution is -2.26. The number of aryl methyl sites for hydroxylation is 1. The zero-order valence-electron chi connectivity index (χ0n) is 15.4. The highest BCUT2D eigenvalue weighted by Gasteiger charge is 2.22. The van der Waals surface area contributed by atoms with Crippen LogP contribution in [0.4, 0.5) is 0 Å². The molecule has 1 aliphatic heterocycles. The molecule has 2 aromatic carbocycles. The first-order chi connectivity index (χ1) is 12.7. The van der Waals surface area contributed by atoms with Gasteiger partial charge < -0.3 is 9.88 Å². The van der Waals surface area contributed by atoms with E-state index in [2.05, 4.69) is 76.0 Å². The highest BCUT2D eigenvalue weighted by atomic mass is 15.1. The maximum absolute atomic E-state index is 4.59. The fourth-order valence-corrected chi connectivity index (χ4v) is 4.30. The maximum Gasteiger partial charge on any atom is 0.100 e. The summed E-state index contributed by atoms with van der Waals surface area (Å²) in [5.74, 6) is 0. The molecule has 4 aromatic rings. The van der Waals surface area contributed by atoms with Gasteiger partial charge in [0, 0.05) is 28.8 Å². The summed E-state index contributed by atoms with van der Waals surface area (Å²) in [5, 5.41) is 1.33. The number of nitrogens with zero attached hydrogens (tertiary/aromatic N) is 3. The van der Waals surface area contributed by atoms with Crippen LogP contribution in [-0.2, 0) is 6.42 Å². The third kappa shape index (κ3) is 2.53. The molecule has 132 valence electrons. The molecule has 5 rings (SSSR count). The van der Waals surface area contributed by atoms with E-state index in [1.807, 2.05) is 6.33 Å². The van der Waals surface area contributed by atoms with Crippen LogP contribution in [0.3, 0.4) is 0 Å². The summed E-state index contributed by atoms with van der Waals surface area (Å²) >= 11 is 0. The average Bonchev–Trinajstić information content (AvgIpc) is 3.34. The van der Waals surface area contributed by atoms with Crippen molar-refractivity contribution in [2.45, 2.75) is 32.2 Å². The standard InChI is InChI=1S/C22H24N4/c1-15-5-8-22-21(10-15)24-14-26(22)18-6-7-20-19(12-18)16(13-23-20)11-17-4-3-9-25(17)2/h5-8,10,12-14,17,23H,3-4,9,11H2,1-2H3. The van der Waals surface area contributed by atoms with Gasteiger partial charge in [0.1, 0.15) is 6.33 Å². The topological polar surface area (TPSA) is 36.9 Å². The van der Waals surface area contributed by atoms with E-state index in [4.69, 9.17) is 0 Å². The van der Waals surface area contributed by atoms with Crippen molar-refractivity contribution in [3.63, 3.8) is 0 Å². The van der Waals surface area contributed by atoms with Gasteiger partial charge in [0.05, 0.1) is 11.0 Å². The largest absolute Gasteiger partial charge is 0.361 e. The molecule has 4 nitrogen and oxygen atoms in total. The maximum atomic E-state index is 4.59. The Morgan fingerprint density at radius 1 is 1.19 bits per heavy atom. The first-order valence-corrected chi connectivity index (χ1v) is 9.43. The van der Waals surface area contributed by atoms with Gasteiger partial charge >= 0.3 is 0 Å². The molecule has 3 heterocycles. The van der Waals surface area contributed by atoms with Gasteiger partial charge in [-0.25, -0.2) is 4.98 Å². The second kappa shape index (κ2) is 5.99. The summed E-state index contributed by atoms with van der Waals surface area (Å²) in [5.41, 5.74) is 7.25.